The summed E-state index contributed by atoms with van der Waals surface area (Å²) in [5, 5.41) is 3.67. The molecule has 0 spiro atoms. The van der Waals surface area contributed by atoms with E-state index in [1.807, 2.05) is 45.0 Å². The lowest BCUT2D eigenvalue weighted by Crippen LogP contribution is -2.40. The van der Waals surface area contributed by atoms with Crippen LogP contribution in [0, 0.1) is 0 Å². The van der Waals surface area contributed by atoms with Gasteiger partial charge >= 0.3 is 0 Å². The Morgan fingerprint density at radius 1 is 1.50 bits per heavy atom. The molecule has 0 fully saturated rings. The molecule has 1 rings (SSSR count). The van der Waals surface area contributed by atoms with E-state index in [4.69, 9.17) is 17.3 Å². The van der Waals surface area contributed by atoms with Crippen molar-refractivity contribution in [3.8, 4) is 0 Å². The average molecular weight is 269 g/mol. The number of carbonyl (C=O) groups excluding carboxylic acids is 1. The molecule has 1 unspecified atom stereocenters. The van der Waals surface area contributed by atoms with Crippen molar-refractivity contribution in [1.82, 2.24) is 5.32 Å². The molecule has 0 aliphatic rings. The number of halogens is 1. The van der Waals surface area contributed by atoms with Gasteiger partial charge in [0.2, 0.25) is 5.91 Å². The predicted octanol–water partition coefficient (Wildman–Crippen LogP) is 3.03. The van der Waals surface area contributed by atoms with Gasteiger partial charge < -0.3 is 11.1 Å². The molecule has 1 atom stereocenters. The first-order chi connectivity index (χ1) is 8.31. The van der Waals surface area contributed by atoms with Gasteiger partial charge in [0, 0.05) is 17.0 Å². The SMILES string of the molecule is CCC(NC(=O)CC(C)(C)N)c1cccc(Cl)c1. The van der Waals surface area contributed by atoms with E-state index in [1.165, 1.54) is 0 Å². The smallest absolute Gasteiger partial charge is 0.222 e. The Morgan fingerprint density at radius 2 is 2.17 bits per heavy atom. The van der Waals surface area contributed by atoms with E-state index in [9.17, 15) is 4.79 Å². The zero-order chi connectivity index (χ0) is 13.8. The molecule has 1 aromatic carbocycles. The first-order valence-electron chi connectivity index (χ1n) is 6.15. The minimum atomic E-state index is -0.489. The highest BCUT2D eigenvalue weighted by Crippen LogP contribution is 2.20. The van der Waals surface area contributed by atoms with Gasteiger partial charge in [-0.15, -0.1) is 0 Å². The van der Waals surface area contributed by atoms with Gasteiger partial charge in [0.05, 0.1) is 6.04 Å². The predicted molar refractivity (Wildman–Crippen MR) is 75.5 cm³/mol. The maximum Gasteiger partial charge on any atom is 0.222 e. The molecule has 3 nitrogen and oxygen atoms in total. The summed E-state index contributed by atoms with van der Waals surface area (Å²) < 4.78 is 0. The topological polar surface area (TPSA) is 55.1 Å². The lowest BCUT2D eigenvalue weighted by Gasteiger charge is -2.22. The first kappa shape index (κ1) is 15.0. The molecule has 0 aliphatic carbocycles. The highest BCUT2D eigenvalue weighted by molar-refractivity contribution is 6.30. The van der Waals surface area contributed by atoms with Crippen LogP contribution < -0.4 is 11.1 Å². The number of amides is 1. The van der Waals surface area contributed by atoms with Crippen molar-refractivity contribution in [3.63, 3.8) is 0 Å². The van der Waals surface area contributed by atoms with Crippen LogP contribution in [0.1, 0.15) is 45.2 Å². The maximum atomic E-state index is 11.9. The molecule has 4 heteroatoms. The standard InChI is InChI=1S/C14H21ClN2O/c1-4-12(10-6-5-7-11(15)8-10)17-13(18)9-14(2,3)16/h5-8,12H,4,9,16H2,1-3H3,(H,17,18). The van der Waals surface area contributed by atoms with E-state index >= 15 is 0 Å². The molecule has 100 valence electrons. The number of nitrogens with two attached hydrogens (primary N) is 1. The van der Waals surface area contributed by atoms with Gasteiger partial charge in [-0.2, -0.15) is 0 Å². The molecule has 1 aromatic rings. The van der Waals surface area contributed by atoms with Crippen LogP contribution in [-0.4, -0.2) is 11.4 Å². The Bertz CT molecular complexity index is 413. The van der Waals surface area contributed by atoms with Crippen LogP contribution in [0.2, 0.25) is 5.02 Å². The van der Waals surface area contributed by atoms with E-state index in [0.717, 1.165) is 12.0 Å². The Balaban J connectivity index is 2.71. The Hall–Kier alpha value is -1.06. The van der Waals surface area contributed by atoms with Gasteiger partial charge in [-0.25, -0.2) is 0 Å². The molecule has 0 aromatic heterocycles. The van der Waals surface area contributed by atoms with Crippen LogP contribution in [0.3, 0.4) is 0 Å². The summed E-state index contributed by atoms with van der Waals surface area (Å²) in [4.78, 5) is 11.9. The van der Waals surface area contributed by atoms with Crippen molar-refractivity contribution in [2.75, 3.05) is 0 Å². The molecule has 0 saturated heterocycles. The summed E-state index contributed by atoms with van der Waals surface area (Å²) in [6, 6.07) is 7.54. The third kappa shape index (κ3) is 5.07. The fraction of sp³-hybridized carbons (Fsp3) is 0.500. The molecule has 0 radical (unpaired) electrons. The lowest BCUT2D eigenvalue weighted by atomic mass is 10.00. The minimum absolute atomic E-state index is 0.0152. The van der Waals surface area contributed by atoms with Crippen molar-refractivity contribution in [2.24, 2.45) is 5.73 Å². The third-order valence-electron chi connectivity index (χ3n) is 2.61. The molecule has 18 heavy (non-hydrogen) atoms. The van der Waals surface area contributed by atoms with E-state index in [0.29, 0.717) is 11.4 Å². The fourth-order valence-corrected chi connectivity index (χ4v) is 2.00. The van der Waals surface area contributed by atoms with Crippen LogP contribution in [0.25, 0.3) is 0 Å². The fourth-order valence-electron chi connectivity index (χ4n) is 1.80. The lowest BCUT2D eigenvalue weighted by molar-refractivity contribution is -0.122. The Labute approximate surface area is 114 Å². The molecule has 3 N–H and O–H groups in total. The number of nitrogens with one attached hydrogen (secondary N) is 1. The Kier molecular flexibility index (Phi) is 5.17. The van der Waals surface area contributed by atoms with Gasteiger partial charge in [-0.05, 0) is 38.0 Å². The van der Waals surface area contributed by atoms with E-state index < -0.39 is 5.54 Å². The summed E-state index contributed by atoms with van der Waals surface area (Å²) in [6.07, 6.45) is 1.13. The van der Waals surface area contributed by atoms with Gasteiger partial charge in [0.25, 0.3) is 0 Å². The molecule has 1 amide bonds. The van der Waals surface area contributed by atoms with Gasteiger partial charge in [-0.1, -0.05) is 30.7 Å². The molecular formula is C14H21ClN2O. The molecular weight excluding hydrogens is 248 g/mol. The molecule has 0 aliphatic heterocycles. The number of hydrogen-bond donors (Lipinski definition) is 2. The first-order valence-corrected chi connectivity index (χ1v) is 6.53. The summed E-state index contributed by atoms with van der Waals surface area (Å²) in [5.41, 5.74) is 6.37. The van der Waals surface area contributed by atoms with Crippen molar-refractivity contribution < 1.29 is 4.79 Å². The van der Waals surface area contributed by atoms with Crippen molar-refractivity contribution in [2.45, 2.75) is 45.2 Å². The normalized spacial score (nSPS) is 13.2. The number of carbonyl (C=O) groups is 1. The van der Waals surface area contributed by atoms with E-state index in [-0.39, 0.29) is 11.9 Å². The minimum Gasteiger partial charge on any atom is -0.349 e. The van der Waals surface area contributed by atoms with Gasteiger partial charge in [0.15, 0.2) is 0 Å². The second kappa shape index (κ2) is 6.21. The van der Waals surface area contributed by atoms with Crippen LogP contribution in [-0.2, 0) is 4.79 Å². The molecule has 0 bridgehead atoms. The Morgan fingerprint density at radius 3 is 2.67 bits per heavy atom. The monoisotopic (exact) mass is 268 g/mol. The highest BCUT2D eigenvalue weighted by atomic mass is 35.5. The van der Waals surface area contributed by atoms with Crippen LogP contribution in [0.5, 0.6) is 0 Å². The van der Waals surface area contributed by atoms with E-state index in [2.05, 4.69) is 5.32 Å². The maximum absolute atomic E-state index is 11.9. The van der Waals surface area contributed by atoms with Crippen molar-refractivity contribution >= 4 is 17.5 Å². The highest BCUT2D eigenvalue weighted by Gasteiger charge is 2.19. The second-order valence-corrected chi connectivity index (χ2v) is 5.69. The largest absolute Gasteiger partial charge is 0.349 e. The summed E-state index contributed by atoms with van der Waals surface area (Å²) >= 11 is 5.96. The molecule has 0 saturated carbocycles. The third-order valence-corrected chi connectivity index (χ3v) is 2.85. The number of rotatable bonds is 5. The van der Waals surface area contributed by atoms with E-state index in [1.54, 1.807) is 0 Å². The second-order valence-electron chi connectivity index (χ2n) is 5.25. The molecule has 0 heterocycles. The zero-order valence-corrected chi connectivity index (χ0v) is 11.9. The van der Waals surface area contributed by atoms with Crippen molar-refractivity contribution in [1.29, 1.82) is 0 Å². The average Bonchev–Trinajstić information content (AvgIpc) is 2.23. The van der Waals surface area contributed by atoms with Crippen LogP contribution in [0.15, 0.2) is 24.3 Å². The summed E-state index contributed by atoms with van der Waals surface area (Å²) in [5.74, 6) is -0.0330. The number of hydrogen-bond acceptors (Lipinski definition) is 2. The van der Waals surface area contributed by atoms with Gasteiger partial charge in [-0.3, -0.25) is 4.79 Å². The number of benzene rings is 1. The van der Waals surface area contributed by atoms with Crippen LogP contribution in [0.4, 0.5) is 0 Å². The summed E-state index contributed by atoms with van der Waals surface area (Å²) in [6.45, 7) is 5.71. The van der Waals surface area contributed by atoms with Crippen LogP contribution >= 0.6 is 11.6 Å². The zero-order valence-electron chi connectivity index (χ0n) is 11.2. The summed E-state index contributed by atoms with van der Waals surface area (Å²) in [7, 11) is 0. The van der Waals surface area contributed by atoms with Gasteiger partial charge in [0.1, 0.15) is 0 Å². The quantitative estimate of drug-likeness (QED) is 0.862. The van der Waals surface area contributed by atoms with Crippen molar-refractivity contribution in [3.05, 3.63) is 34.9 Å².